The largest absolute Gasteiger partial charge is 0.443 e. The number of imide groups is 1. The minimum atomic E-state index is -0.921. The van der Waals surface area contributed by atoms with Gasteiger partial charge in [-0.15, -0.1) is 4.90 Å². The number of ether oxygens (including phenoxy) is 2. The number of anilines is 1. The first-order valence-corrected chi connectivity index (χ1v) is 12.9. The number of halogens is 2. The Morgan fingerprint density at radius 2 is 1.60 bits per heavy atom. The van der Waals surface area contributed by atoms with Crippen LogP contribution in [0.1, 0.15) is 61.4 Å². The SMILES string of the molecule is CC(C)n1cc(-c2nc(N(C(=O)OC(C)(C)C)C(=O)OC(C)(C)C)ncc2I)c2cc(Br)ncc21. The predicted molar refractivity (Wildman–Crippen MR) is 147 cm³/mol. The molecule has 11 heteroatoms. The van der Waals surface area contributed by atoms with Gasteiger partial charge >= 0.3 is 12.2 Å². The highest BCUT2D eigenvalue weighted by Gasteiger charge is 2.35. The molecule has 3 heterocycles. The van der Waals surface area contributed by atoms with E-state index in [1.165, 1.54) is 0 Å². The molecule has 3 rings (SSSR count). The fourth-order valence-electron chi connectivity index (χ4n) is 3.25. The molecule has 188 valence electrons. The van der Waals surface area contributed by atoms with Crippen molar-refractivity contribution in [2.75, 3.05) is 4.90 Å². The zero-order valence-corrected chi connectivity index (χ0v) is 24.8. The molecule has 0 saturated heterocycles. The Hall–Kier alpha value is -2.28. The Kier molecular flexibility index (Phi) is 7.80. The highest BCUT2D eigenvalue weighted by Crippen LogP contribution is 2.35. The molecule has 0 atom stereocenters. The van der Waals surface area contributed by atoms with Crippen LogP contribution in [0.3, 0.4) is 0 Å². The van der Waals surface area contributed by atoms with Gasteiger partial charge in [0.1, 0.15) is 15.8 Å². The number of aromatic nitrogens is 4. The molecule has 0 fully saturated rings. The van der Waals surface area contributed by atoms with E-state index in [1.807, 2.05) is 12.3 Å². The van der Waals surface area contributed by atoms with Crippen LogP contribution in [0.5, 0.6) is 0 Å². The summed E-state index contributed by atoms with van der Waals surface area (Å²) in [6, 6.07) is 2.09. The van der Waals surface area contributed by atoms with Crippen LogP contribution < -0.4 is 4.90 Å². The topological polar surface area (TPSA) is 99.4 Å². The summed E-state index contributed by atoms with van der Waals surface area (Å²) in [4.78, 5) is 40.2. The quantitative estimate of drug-likeness (QED) is 0.218. The second-order valence-corrected chi connectivity index (χ2v) is 12.2. The number of carbonyl (C=O) groups excluding carboxylic acids is 2. The minimum Gasteiger partial charge on any atom is -0.443 e. The number of amides is 2. The van der Waals surface area contributed by atoms with Gasteiger partial charge in [-0.1, -0.05) is 0 Å². The van der Waals surface area contributed by atoms with Crippen LogP contribution in [0.2, 0.25) is 0 Å². The lowest BCUT2D eigenvalue weighted by Crippen LogP contribution is -2.44. The van der Waals surface area contributed by atoms with Crippen LogP contribution in [-0.4, -0.2) is 42.9 Å². The predicted octanol–water partition coefficient (Wildman–Crippen LogP) is 7.12. The number of pyridine rings is 1. The Morgan fingerprint density at radius 1 is 1.03 bits per heavy atom. The molecule has 2 amide bonds. The van der Waals surface area contributed by atoms with E-state index in [9.17, 15) is 9.59 Å². The van der Waals surface area contributed by atoms with Crippen molar-refractivity contribution in [3.05, 3.63) is 32.8 Å². The highest BCUT2D eigenvalue weighted by molar-refractivity contribution is 14.1. The van der Waals surface area contributed by atoms with Crippen molar-refractivity contribution in [2.24, 2.45) is 0 Å². The van der Waals surface area contributed by atoms with Crippen molar-refractivity contribution in [3.63, 3.8) is 0 Å². The zero-order chi connectivity index (χ0) is 26.3. The van der Waals surface area contributed by atoms with Crippen LogP contribution >= 0.6 is 38.5 Å². The average molecular weight is 658 g/mol. The molecule has 0 radical (unpaired) electrons. The summed E-state index contributed by atoms with van der Waals surface area (Å²) in [6.45, 7) is 14.4. The third-order valence-electron chi connectivity index (χ3n) is 4.58. The van der Waals surface area contributed by atoms with Gasteiger partial charge in [-0.05, 0) is 100.0 Å². The van der Waals surface area contributed by atoms with Crippen molar-refractivity contribution in [3.8, 4) is 11.3 Å². The van der Waals surface area contributed by atoms with Gasteiger partial charge in [0.25, 0.3) is 0 Å². The summed E-state index contributed by atoms with van der Waals surface area (Å²) in [5.74, 6) is -0.137. The lowest BCUT2D eigenvalue weighted by Gasteiger charge is -2.27. The first-order chi connectivity index (χ1) is 16.1. The van der Waals surface area contributed by atoms with E-state index < -0.39 is 23.4 Å². The summed E-state index contributed by atoms with van der Waals surface area (Å²) in [5, 5.41) is 0.921. The van der Waals surface area contributed by atoms with Gasteiger partial charge in [0, 0.05) is 29.4 Å². The van der Waals surface area contributed by atoms with E-state index in [0.29, 0.717) is 10.3 Å². The van der Waals surface area contributed by atoms with Gasteiger partial charge in [-0.2, -0.15) is 0 Å². The molecule has 0 aromatic carbocycles. The van der Waals surface area contributed by atoms with Crippen molar-refractivity contribution < 1.29 is 19.1 Å². The molecule has 0 saturated carbocycles. The maximum atomic E-state index is 13.1. The molecule has 35 heavy (non-hydrogen) atoms. The van der Waals surface area contributed by atoms with Crippen molar-refractivity contribution in [1.82, 2.24) is 19.5 Å². The maximum absolute atomic E-state index is 13.1. The molecule has 0 bridgehead atoms. The number of hydrogen-bond donors (Lipinski definition) is 0. The minimum absolute atomic E-state index is 0.137. The van der Waals surface area contributed by atoms with Gasteiger partial charge in [-0.25, -0.2) is 24.5 Å². The molecule has 0 aliphatic heterocycles. The smallest absolute Gasteiger partial charge is 0.427 e. The number of hydrogen-bond acceptors (Lipinski definition) is 7. The highest BCUT2D eigenvalue weighted by atomic mass is 127. The summed E-state index contributed by atoms with van der Waals surface area (Å²) in [5.41, 5.74) is 0.638. The van der Waals surface area contributed by atoms with Gasteiger partial charge in [0.15, 0.2) is 0 Å². The number of rotatable bonds is 3. The molecule has 0 aliphatic carbocycles. The Bertz CT molecular complexity index is 1250. The van der Waals surface area contributed by atoms with Crippen molar-refractivity contribution in [2.45, 2.75) is 72.6 Å². The van der Waals surface area contributed by atoms with Crippen LogP contribution in [0.15, 0.2) is 29.3 Å². The fraction of sp³-hybridized carbons (Fsp3) is 0.458. The third-order valence-corrected chi connectivity index (χ3v) is 5.80. The fourth-order valence-corrected chi connectivity index (χ4v) is 4.13. The molecule has 3 aromatic rings. The monoisotopic (exact) mass is 657 g/mol. The molecular formula is C24H29BrIN5O4. The normalized spacial score (nSPS) is 12.2. The lowest BCUT2D eigenvalue weighted by molar-refractivity contribution is 0.0427. The summed E-state index contributed by atoms with van der Waals surface area (Å²) < 4.78 is 14.5. The van der Waals surface area contributed by atoms with E-state index in [0.717, 1.165) is 24.9 Å². The van der Waals surface area contributed by atoms with Crippen molar-refractivity contribution >= 4 is 67.6 Å². The summed E-state index contributed by atoms with van der Waals surface area (Å²) in [6.07, 6.45) is 3.51. The van der Waals surface area contributed by atoms with Gasteiger partial charge in [0.2, 0.25) is 5.95 Å². The second-order valence-electron chi connectivity index (χ2n) is 10.2. The molecule has 3 aromatic heterocycles. The molecule has 9 nitrogen and oxygen atoms in total. The van der Waals surface area contributed by atoms with Gasteiger partial charge in [0.05, 0.1) is 21.0 Å². The number of fused-ring (bicyclic) bond motifs is 1. The van der Waals surface area contributed by atoms with Crippen LogP contribution in [0.25, 0.3) is 22.2 Å². The van der Waals surface area contributed by atoms with E-state index in [4.69, 9.17) is 9.47 Å². The molecule has 0 unspecified atom stereocenters. The standard InChI is InChI=1S/C24H29BrIN5O4/c1-13(2)30-12-15(14-9-18(25)27-11-17(14)30)19-16(26)10-28-20(29-19)31(21(32)34-23(3,4)5)22(33)35-24(6,7)8/h9-13H,1-8H3. The van der Waals surface area contributed by atoms with E-state index in [-0.39, 0.29) is 12.0 Å². The van der Waals surface area contributed by atoms with E-state index in [2.05, 4.69) is 71.9 Å². The van der Waals surface area contributed by atoms with Gasteiger partial charge in [-0.3, -0.25) is 0 Å². The molecule has 0 N–H and O–H groups in total. The van der Waals surface area contributed by atoms with Crippen LogP contribution in [0, 0.1) is 3.57 Å². The molecule has 0 aliphatic rings. The Labute approximate surface area is 226 Å². The summed E-state index contributed by atoms with van der Waals surface area (Å²) >= 11 is 5.59. The summed E-state index contributed by atoms with van der Waals surface area (Å²) in [7, 11) is 0. The molecular weight excluding hydrogens is 629 g/mol. The first-order valence-electron chi connectivity index (χ1n) is 11.0. The third kappa shape index (κ3) is 6.49. The second kappa shape index (κ2) is 10.00. The van der Waals surface area contributed by atoms with Gasteiger partial charge < -0.3 is 14.0 Å². The average Bonchev–Trinajstić information content (AvgIpc) is 3.05. The Morgan fingerprint density at radius 3 is 2.11 bits per heavy atom. The van der Waals surface area contributed by atoms with E-state index in [1.54, 1.807) is 53.9 Å². The van der Waals surface area contributed by atoms with Crippen LogP contribution in [-0.2, 0) is 9.47 Å². The van der Waals surface area contributed by atoms with E-state index >= 15 is 0 Å². The Balaban J connectivity index is 2.20. The zero-order valence-electron chi connectivity index (χ0n) is 21.0. The molecule has 0 spiro atoms. The van der Waals surface area contributed by atoms with Crippen LogP contribution in [0.4, 0.5) is 15.5 Å². The lowest BCUT2D eigenvalue weighted by atomic mass is 10.1. The first kappa shape index (κ1) is 27.3. The number of carbonyl (C=O) groups is 2. The maximum Gasteiger partial charge on any atom is 0.427 e. The van der Waals surface area contributed by atoms with Crippen molar-refractivity contribution in [1.29, 1.82) is 0 Å². The number of nitrogens with zero attached hydrogens (tertiary/aromatic N) is 5.